The van der Waals surface area contributed by atoms with Crippen molar-refractivity contribution in [2.24, 2.45) is 0 Å². The molecule has 0 saturated carbocycles. The van der Waals surface area contributed by atoms with E-state index in [-0.39, 0.29) is 41.9 Å². The normalized spacial score (nSPS) is 4.80. The topological polar surface area (TPSA) is 132 Å². The first kappa shape index (κ1) is 22.6. The molecule has 0 heterocycles. The quantitative estimate of drug-likeness (QED) is 0.334. The zero-order chi connectivity index (χ0) is 7.15. The van der Waals surface area contributed by atoms with E-state index >= 15 is 0 Å². The van der Waals surface area contributed by atoms with Crippen LogP contribution in [0.15, 0.2) is 0 Å². The van der Waals surface area contributed by atoms with Gasteiger partial charge in [0.15, 0.2) is 0 Å². The summed E-state index contributed by atoms with van der Waals surface area (Å²) in [4.78, 5) is 16.5. The van der Waals surface area contributed by atoms with E-state index in [1.165, 1.54) is 0 Å². The zero-order valence-corrected chi connectivity index (χ0v) is 7.22. The van der Waals surface area contributed by atoms with Gasteiger partial charge in [-0.05, 0) is 0 Å². The summed E-state index contributed by atoms with van der Waals surface area (Å²) in [5.74, 6) is 0. The van der Waals surface area contributed by atoms with Crippen LogP contribution in [0.25, 0.3) is 0 Å². The predicted molar refractivity (Wildman–Crippen MR) is 20.7 cm³/mol. The van der Waals surface area contributed by atoms with Crippen LogP contribution in [0.3, 0.4) is 0 Å². The Hall–Kier alpha value is -0.236. The molecular weight excluding hydrogens is 333 g/mol. The summed E-state index contributed by atoms with van der Waals surface area (Å²) >= 11 is 0. The molecule has 0 amide bonds. The van der Waals surface area contributed by atoms with Crippen LogP contribution in [0.4, 0.5) is 0 Å². The molecule has 0 aromatic heterocycles. The van der Waals surface area contributed by atoms with Crippen LogP contribution in [-0.4, -0.2) is 10.2 Å². The fraction of sp³-hybridized carbons (Fsp3) is 0. The van der Waals surface area contributed by atoms with Crippen molar-refractivity contribution in [3.63, 3.8) is 0 Å². The van der Waals surface area contributed by atoms with Gasteiger partial charge in [-0.2, -0.15) is 0 Å². The number of rotatable bonds is 0. The third-order valence-electron chi connectivity index (χ3n) is 0. The van der Waals surface area contributed by atoms with Crippen molar-refractivity contribution >= 4 is 0 Å². The molecule has 0 rings (SSSR count). The third-order valence-corrected chi connectivity index (χ3v) is 0. The minimum absolute atomic E-state index is 0. The molecule has 0 aromatic carbocycles. The molecule has 0 atom stereocenters. The molecule has 10 heteroatoms. The monoisotopic (exact) mass is 333 g/mol. The summed E-state index contributed by atoms with van der Waals surface area (Å²) < 4.78 is 0. The molecule has 0 aliphatic heterocycles. The molecule has 8 nitrogen and oxygen atoms in total. The molecule has 0 fully saturated rings. The maximum atomic E-state index is 8.25. The van der Waals surface area contributed by atoms with E-state index in [9.17, 15) is 0 Å². The second-order valence-corrected chi connectivity index (χ2v) is 0.447. The summed E-state index contributed by atoms with van der Waals surface area (Å²) in [7, 11) is 0. The zero-order valence-electron chi connectivity index (χ0n) is 4.00. The van der Waals surface area contributed by atoms with Crippen LogP contribution in [-0.2, 0) is 41.9 Å². The van der Waals surface area contributed by atoms with E-state index in [1.54, 1.807) is 0 Å². The third kappa shape index (κ3) is 6360. The second-order valence-electron chi connectivity index (χ2n) is 0.447. The van der Waals surface area contributed by atoms with Crippen LogP contribution in [0.2, 0.25) is 0 Å². The first-order valence-electron chi connectivity index (χ1n) is 1.10. The summed E-state index contributed by atoms with van der Waals surface area (Å²) in [5.41, 5.74) is 0. The molecular formula is AgN2O6Ru+2. The molecule has 0 aromatic rings. The molecule has 0 aliphatic carbocycles. The first-order chi connectivity index (χ1) is 3.46. The van der Waals surface area contributed by atoms with Gasteiger partial charge in [-0.3, -0.25) is 0 Å². The average molecular weight is 333 g/mol. The molecule has 0 unspecified atom stereocenters. The molecule has 1 radical (unpaired) electrons. The average Bonchev–Trinajstić information content (AvgIpc) is 1.25. The Kier molecular flexibility index (Phi) is 35.9. The van der Waals surface area contributed by atoms with E-state index in [1.807, 2.05) is 0 Å². The SMILES string of the molecule is O=[N+]([O-])[O-].O=[N+]([O-])[O-].[Ag+].[Ru+3]. The summed E-state index contributed by atoms with van der Waals surface area (Å²) in [5, 5.41) is 29.5. The fourth-order valence-corrected chi connectivity index (χ4v) is 0. The van der Waals surface area contributed by atoms with Crippen molar-refractivity contribution in [3.8, 4) is 0 Å². The van der Waals surface area contributed by atoms with E-state index in [0.717, 1.165) is 0 Å². The van der Waals surface area contributed by atoms with Crippen LogP contribution >= 0.6 is 0 Å². The van der Waals surface area contributed by atoms with Crippen molar-refractivity contribution in [1.29, 1.82) is 0 Å². The van der Waals surface area contributed by atoms with Gasteiger partial charge in [-0.15, -0.1) is 0 Å². The van der Waals surface area contributed by atoms with Gasteiger partial charge in [0.05, 0.1) is 10.2 Å². The van der Waals surface area contributed by atoms with Gasteiger partial charge in [0.25, 0.3) is 0 Å². The number of hydrogen-bond donors (Lipinski definition) is 0. The number of hydrogen-bond acceptors (Lipinski definition) is 6. The smallest absolute Gasteiger partial charge is 0.356 e. The Morgan fingerprint density at radius 2 is 0.800 bits per heavy atom. The van der Waals surface area contributed by atoms with Gasteiger partial charge in [-0.1, -0.05) is 0 Å². The maximum Gasteiger partial charge on any atom is 3.00 e. The van der Waals surface area contributed by atoms with Crippen molar-refractivity contribution < 1.29 is 52.0 Å². The molecule has 63 valence electrons. The van der Waals surface area contributed by atoms with Crippen molar-refractivity contribution in [1.82, 2.24) is 0 Å². The molecule has 0 spiro atoms. The minimum atomic E-state index is -1.75. The Bertz CT molecular complexity index is 73.7. The van der Waals surface area contributed by atoms with Gasteiger partial charge in [0, 0.05) is 0 Å². The molecule has 0 aliphatic rings. The second kappa shape index (κ2) is 15.9. The Labute approximate surface area is 82.7 Å². The minimum Gasteiger partial charge on any atom is -0.356 e. The van der Waals surface area contributed by atoms with Crippen LogP contribution < -0.4 is 0 Å². The standard InChI is InChI=1S/Ag.2NO3.Ru/c;2*2-1(3)4;/q+1;2*-1;+3. The Morgan fingerprint density at radius 3 is 0.800 bits per heavy atom. The largest absolute Gasteiger partial charge is 3.00 e. The Morgan fingerprint density at radius 1 is 0.800 bits per heavy atom. The fourth-order valence-electron chi connectivity index (χ4n) is 0. The molecule has 0 bridgehead atoms. The molecule has 0 saturated heterocycles. The summed E-state index contributed by atoms with van der Waals surface area (Å²) in [6, 6.07) is 0. The predicted octanol–water partition coefficient (Wildman–Crippen LogP) is -0.483. The van der Waals surface area contributed by atoms with Crippen LogP contribution in [0.1, 0.15) is 0 Å². The number of nitrogens with zero attached hydrogens (tertiary/aromatic N) is 2. The van der Waals surface area contributed by atoms with Gasteiger partial charge in [-0.25, -0.2) is 0 Å². The van der Waals surface area contributed by atoms with Gasteiger partial charge >= 0.3 is 41.9 Å². The maximum absolute atomic E-state index is 8.25. The summed E-state index contributed by atoms with van der Waals surface area (Å²) in [6.45, 7) is 0. The van der Waals surface area contributed by atoms with E-state index < -0.39 is 10.2 Å². The molecule has 10 heavy (non-hydrogen) atoms. The van der Waals surface area contributed by atoms with E-state index in [0.29, 0.717) is 0 Å². The molecule has 0 N–H and O–H groups in total. The van der Waals surface area contributed by atoms with Crippen LogP contribution in [0, 0.1) is 30.6 Å². The first-order valence-corrected chi connectivity index (χ1v) is 1.10. The summed E-state index contributed by atoms with van der Waals surface area (Å²) in [6.07, 6.45) is 0. The van der Waals surface area contributed by atoms with Gasteiger partial charge in [0.2, 0.25) is 0 Å². The van der Waals surface area contributed by atoms with Gasteiger partial charge in [0.1, 0.15) is 0 Å². The van der Waals surface area contributed by atoms with E-state index in [2.05, 4.69) is 0 Å². The Balaban J connectivity index is -0.0000000300. The van der Waals surface area contributed by atoms with E-state index in [4.69, 9.17) is 30.6 Å². The van der Waals surface area contributed by atoms with Crippen molar-refractivity contribution in [3.05, 3.63) is 30.6 Å². The van der Waals surface area contributed by atoms with Crippen molar-refractivity contribution in [2.75, 3.05) is 0 Å². The van der Waals surface area contributed by atoms with Gasteiger partial charge < -0.3 is 30.6 Å². The van der Waals surface area contributed by atoms with Crippen molar-refractivity contribution in [2.45, 2.75) is 0 Å². The van der Waals surface area contributed by atoms with Crippen LogP contribution in [0.5, 0.6) is 0 Å².